The molecule has 2 aromatic carbocycles. The van der Waals surface area contributed by atoms with Gasteiger partial charge >= 0.3 is 5.97 Å². The van der Waals surface area contributed by atoms with Crippen molar-refractivity contribution in [1.82, 2.24) is 10.3 Å². The topological polar surface area (TPSA) is 109 Å². The molecule has 0 aliphatic heterocycles. The molecule has 8 heteroatoms. The van der Waals surface area contributed by atoms with Crippen molar-refractivity contribution in [2.24, 2.45) is 0 Å². The predicted molar refractivity (Wildman–Crippen MR) is 107 cm³/mol. The van der Waals surface area contributed by atoms with Crippen molar-refractivity contribution in [2.75, 3.05) is 13.2 Å². The van der Waals surface area contributed by atoms with Crippen molar-refractivity contribution < 1.29 is 19.1 Å². The van der Waals surface area contributed by atoms with Gasteiger partial charge in [-0.2, -0.15) is 5.26 Å². The lowest BCUT2D eigenvalue weighted by molar-refractivity contribution is -0.146. The molecule has 1 amide bonds. The van der Waals surface area contributed by atoms with E-state index in [1.54, 1.807) is 24.4 Å². The third kappa shape index (κ3) is 5.03. The molecule has 0 radical (unpaired) electrons. The molecule has 0 saturated heterocycles. The van der Waals surface area contributed by atoms with Crippen LogP contribution in [0, 0.1) is 18.3 Å². The average molecular weight is 407 g/mol. The van der Waals surface area contributed by atoms with E-state index in [0.29, 0.717) is 16.3 Å². The summed E-state index contributed by atoms with van der Waals surface area (Å²) in [6, 6.07) is 14.7. The second kappa shape index (κ2) is 9.08. The molecule has 0 fully saturated rings. The number of aromatic nitrogens is 1. The Morgan fingerprint density at radius 3 is 2.66 bits per heavy atom. The number of amides is 1. The quantitative estimate of drug-likeness (QED) is 0.603. The molecule has 7 nitrogen and oxygen atoms in total. The largest absolute Gasteiger partial charge is 0.456 e. The van der Waals surface area contributed by atoms with Gasteiger partial charge in [0.1, 0.15) is 11.6 Å². The van der Waals surface area contributed by atoms with Gasteiger partial charge in [-0.25, -0.2) is 4.98 Å². The van der Waals surface area contributed by atoms with E-state index in [0.717, 1.165) is 10.8 Å². The average Bonchev–Trinajstić information content (AvgIpc) is 3.16. The van der Waals surface area contributed by atoms with Crippen molar-refractivity contribution in [3.8, 4) is 6.07 Å². The number of fused-ring (bicyclic) bond motifs is 1. The number of benzene rings is 2. The maximum Gasteiger partial charge on any atom is 0.325 e. The molecule has 29 heavy (non-hydrogen) atoms. The van der Waals surface area contributed by atoms with Crippen LogP contribution in [0.1, 0.15) is 27.0 Å². The van der Waals surface area contributed by atoms with Crippen LogP contribution in [0.3, 0.4) is 0 Å². The molecule has 0 saturated carbocycles. The van der Waals surface area contributed by atoms with E-state index in [2.05, 4.69) is 10.3 Å². The minimum absolute atomic E-state index is 0.371. The Balaban J connectivity index is 1.50. The SMILES string of the molecule is Cc1csc([C@@H](C#N)C(=O)COC(=O)CNC(=O)c2ccc3ccccc3c2)n1. The predicted octanol–water partition coefficient (Wildman–Crippen LogP) is 2.75. The Morgan fingerprint density at radius 1 is 1.21 bits per heavy atom. The highest BCUT2D eigenvalue weighted by molar-refractivity contribution is 7.09. The summed E-state index contributed by atoms with van der Waals surface area (Å²) in [6.45, 7) is 0.825. The number of Topliss-reactive ketones (excluding diaryl/α,β-unsaturated/α-hetero) is 1. The van der Waals surface area contributed by atoms with E-state index in [1.807, 2.05) is 36.4 Å². The zero-order valence-electron chi connectivity index (χ0n) is 15.5. The third-order valence-corrected chi connectivity index (χ3v) is 5.14. The summed E-state index contributed by atoms with van der Waals surface area (Å²) in [5.74, 6) is -2.82. The number of nitrogens with one attached hydrogen (secondary N) is 1. The minimum atomic E-state index is -1.08. The Kier molecular flexibility index (Phi) is 6.32. The maximum absolute atomic E-state index is 12.2. The summed E-state index contributed by atoms with van der Waals surface area (Å²) >= 11 is 1.21. The van der Waals surface area contributed by atoms with Crippen molar-refractivity contribution >= 4 is 39.8 Å². The molecule has 1 N–H and O–H groups in total. The van der Waals surface area contributed by atoms with E-state index in [9.17, 15) is 19.6 Å². The first-order valence-electron chi connectivity index (χ1n) is 8.75. The number of carbonyl (C=O) groups excluding carboxylic acids is 3. The number of nitriles is 1. The summed E-state index contributed by atoms with van der Waals surface area (Å²) in [7, 11) is 0. The van der Waals surface area contributed by atoms with Crippen molar-refractivity contribution in [3.63, 3.8) is 0 Å². The molecule has 0 unspecified atom stereocenters. The van der Waals surface area contributed by atoms with Crippen LogP contribution < -0.4 is 5.32 Å². The second-order valence-electron chi connectivity index (χ2n) is 6.26. The Bertz CT molecular complexity index is 1120. The number of aryl methyl sites for hydroxylation is 1. The van der Waals surface area contributed by atoms with E-state index < -0.39 is 30.2 Å². The Labute approximate surface area is 170 Å². The molecule has 0 spiro atoms. The number of hydrogen-bond acceptors (Lipinski definition) is 7. The fourth-order valence-corrected chi connectivity index (χ4v) is 3.50. The first-order valence-corrected chi connectivity index (χ1v) is 9.63. The Hall–Kier alpha value is -3.57. The highest BCUT2D eigenvalue weighted by atomic mass is 32.1. The maximum atomic E-state index is 12.2. The molecule has 3 rings (SSSR count). The number of carbonyl (C=O) groups is 3. The highest BCUT2D eigenvalue weighted by Crippen LogP contribution is 2.20. The molecule has 146 valence electrons. The molecule has 3 aromatic rings. The summed E-state index contributed by atoms with van der Waals surface area (Å²) in [5, 5.41) is 15.7. The number of ether oxygens (including phenoxy) is 1. The molecular weight excluding hydrogens is 390 g/mol. The van der Waals surface area contributed by atoms with E-state index >= 15 is 0 Å². The van der Waals surface area contributed by atoms with Gasteiger partial charge in [0.05, 0.1) is 6.07 Å². The third-order valence-electron chi connectivity index (χ3n) is 4.12. The number of nitrogens with zero attached hydrogens (tertiary/aromatic N) is 2. The van der Waals surface area contributed by atoms with Crippen LogP contribution in [0.25, 0.3) is 10.8 Å². The number of rotatable bonds is 7. The van der Waals surface area contributed by atoms with E-state index in [4.69, 9.17) is 4.74 Å². The van der Waals surface area contributed by atoms with Crippen LogP contribution in [-0.2, 0) is 14.3 Å². The van der Waals surface area contributed by atoms with Gasteiger partial charge in [-0.05, 0) is 29.8 Å². The van der Waals surface area contributed by atoms with Crippen LogP contribution in [0.2, 0.25) is 0 Å². The van der Waals surface area contributed by atoms with Gasteiger partial charge in [0.25, 0.3) is 5.91 Å². The van der Waals surface area contributed by atoms with Gasteiger partial charge in [0.2, 0.25) is 0 Å². The van der Waals surface area contributed by atoms with Gasteiger partial charge < -0.3 is 10.1 Å². The smallest absolute Gasteiger partial charge is 0.325 e. The van der Waals surface area contributed by atoms with Crippen molar-refractivity contribution in [1.29, 1.82) is 5.26 Å². The highest BCUT2D eigenvalue weighted by Gasteiger charge is 2.24. The molecule has 0 aliphatic carbocycles. The first-order chi connectivity index (χ1) is 14.0. The van der Waals surface area contributed by atoms with Crippen molar-refractivity contribution in [3.05, 3.63) is 64.1 Å². The van der Waals surface area contributed by atoms with Crippen LogP contribution in [0.15, 0.2) is 47.8 Å². The van der Waals surface area contributed by atoms with Crippen LogP contribution in [0.4, 0.5) is 0 Å². The van der Waals surface area contributed by atoms with Gasteiger partial charge in [-0.1, -0.05) is 30.3 Å². The van der Waals surface area contributed by atoms with E-state index in [1.165, 1.54) is 11.3 Å². The summed E-state index contributed by atoms with van der Waals surface area (Å²) in [5.41, 5.74) is 1.13. The lowest BCUT2D eigenvalue weighted by Crippen LogP contribution is -2.32. The van der Waals surface area contributed by atoms with Gasteiger partial charge in [0.15, 0.2) is 18.3 Å². The molecule has 0 aliphatic rings. The summed E-state index contributed by atoms with van der Waals surface area (Å²) < 4.78 is 4.89. The summed E-state index contributed by atoms with van der Waals surface area (Å²) in [4.78, 5) is 40.4. The monoisotopic (exact) mass is 407 g/mol. The Morgan fingerprint density at radius 2 is 1.97 bits per heavy atom. The summed E-state index contributed by atoms with van der Waals surface area (Å²) in [6.07, 6.45) is 0. The zero-order valence-corrected chi connectivity index (χ0v) is 16.4. The standard InChI is InChI=1S/C21H17N3O4S/c1-13-12-29-21(24-13)17(9-22)18(25)11-28-19(26)10-23-20(27)16-7-6-14-4-2-3-5-15(14)8-16/h2-8,12,17H,10-11H2,1H3,(H,23,27)/t17-/m0/s1. The zero-order chi connectivity index (χ0) is 20.8. The van der Waals surface area contributed by atoms with Gasteiger partial charge in [0, 0.05) is 16.6 Å². The van der Waals surface area contributed by atoms with Crippen molar-refractivity contribution in [2.45, 2.75) is 12.8 Å². The fraction of sp³-hybridized carbons (Fsp3) is 0.190. The van der Waals surface area contributed by atoms with Crippen LogP contribution >= 0.6 is 11.3 Å². The first kappa shape index (κ1) is 20.2. The normalized spacial score (nSPS) is 11.4. The molecule has 1 heterocycles. The second-order valence-corrected chi connectivity index (χ2v) is 7.15. The lowest BCUT2D eigenvalue weighted by Gasteiger charge is -2.08. The van der Waals surface area contributed by atoms with Gasteiger partial charge in [-0.15, -0.1) is 11.3 Å². The number of thiazole rings is 1. The number of ketones is 1. The molecular formula is C21H17N3O4S. The minimum Gasteiger partial charge on any atom is -0.456 e. The van der Waals surface area contributed by atoms with Crippen LogP contribution in [-0.4, -0.2) is 35.8 Å². The molecule has 1 aromatic heterocycles. The molecule has 1 atom stereocenters. The fourth-order valence-electron chi connectivity index (χ4n) is 2.64. The number of hydrogen-bond donors (Lipinski definition) is 1. The van der Waals surface area contributed by atoms with Gasteiger partial charge in [-0.3, -0.25) is 14.4 Å². The number of esters is 1. The lowest BCUT2D eigenvalue weighted by atomic mass is 10.1. The van der Waals surface area contributed by atoms with E-state index in [-0.39, 0.29) is 6.54 Å². The van der Waals surface area contributed by atoms with Crippen LogP contribution in [0.5, 0.6) is 0 Å². The molecule has 0 bridgehead atoms.